The van der Waals surface area contributed by atoms with Gasteiger partial charge in [-0.2, -0.15) is 0 Å². The molecule has 1 heterocycles. The normalized spacial score (nSPS) is 15.8. The highest BCUT2D eigenvalue weighted by Crippen LogP contribution is 2.51. The maximum Gasteiger partial charge on any atom is 0.203 e. The monoisotopic (exact) mass is 242 g/mol. The van der Waals surface area contributed by atoms with Crippen LogP contribution in [0.3, 0.4) is 0 Å². The van der Waals surface area contributed by atoms with Crippen molar-refractivity contribution in [3.05, 3.63) is 12.1 Å². The summed E-state index contributed by atoms with van der Waals surface area (Å²) in [5, 5.41) is 0. The lowest BCUT2D eigenvalue weighted by Gasteiger charge is -2.29. The zero-order chi connectivity index (χ0) is 11.8. The number of benzene rings is 1. The Bertz CT molecular complexity index is 379. The molecule has 0 atom stereocenters. The summed E-state index contributed by atoms with van der Waals surface area (Å²) in [6, 6.07) is 4.13. The third kappa shape index (κ3) is 2.07. The molecular weight excluding hydrogens is 224 g/mol. The van der Waals surface area contributed by atoms with E-state index in [0.29, 0.717) is 13.2 Å². The number of methoxy groups -OCH3 is 1. The Hall–Kier alpha value is -1.03. The van der Waals surface area contributed by atoms with Gasteiger partial charge in [-0.3, -0.25) is 0 Å². The van der Waals surface area contributed by atoms with Crippen molar-refractivity contribution in [2.24, 2.45) is 0 Å². The molecule has 1 aromatic carbocycles. The van der Waals surface area contributed by atoms with Gasteiger partial charge in [0.25, 0.3) is 0 Å². The lowest BCUT2D eigenvalue weighted by Crippen LogP contribution is -2.16. The van der Waals surface area contributed by atoms with Crippen LogP contribution in [0.1, 0.15) is 0 Å². The zero-order valence-corrected chi connectivity index (χ0v) is 11.0. The highest BCUT2D eigenvalue weighted by Gasteiger charge is 2.21. The summed E-state index contributed by atoms with van der Waals surface area (Å²) in [4.78, 5) is 1.27. The molecular formula is C12H18O3S. The van der Waals surface area contributed by atoms with E-state index in [1.807, 2.05) is 0 Å². The number of hydrogen-bond donors (Lipinski definition) is 0. The van der Waals surface area contributed by atoms with E-state index in [0.717, 1.165) is 17.2 Å². The largest absolute Gasteiger partial charge is 0.493 e. The SMILES string of the molecule is COc1cc(S(C)(C)C)cc2c1OCCO2. The fourth-order valence-corrected chi connectivity index (χ4v) is 2.52. The van der Waals surface area contributed by atoms with E-state index in [4.69, 9.17) is 14.2 Å². The van der Waals surface area contributed by atoms with Crippen LogP contribution < -0.4 is 14.2 Å². The van der Waals surface area contributed by atoms with Crippen molar-refractivity contribution in [3.63, 3.8) is 0 Å². The molecule has 0 amide bonds. The first kappa shape index (κ1) is 11.5. The molecule has 0 N–H and O–H groups in total. The van der Waals surface area contributed by atoms with Gasteiger partial charge in [0.05, 0.1) is 7.11 Å². The van der Waals surface area contributed by atoms with Crippen LogP contribution in [-0.2, 0) is 0 Å². The second-order valence-electron chi connectivity index (χ2n) is 4.49. The average molecular weight is 242 g/mol. The molecule has 1 aromatic rings. The number of hydrogen-bond acceptors (Lipinski definition) is 3. The molecule has 0 unspecified atom stereocenters. The summed E-state index contributed by atoms with van der Waals surface area (Å²) in [7, 11) is 0.878. The zero-order valence-electron chi connectivity index (χ0n) is 10.2. The van der Waals surface area contributed by atoms with Gasteiger partial charge in [-0.1, -0.05) is 0 Å². The van der Waals surface area contributed by atoms with Gasteiger partial charge in [-0.15, -0.1) is 0 Å². The minimum atomic E-state index is -0.784. The standard InChI is InChI=1S/C12H18O3S/c1-13-10-7-9(16(2,3)4)8-11-12(10)15-6-5-14-11/h7-8H,5-6H2,1-4H3. The highest BCUT2D eigenvalue weighted by atomic mass is 32.3. The van der Waals surface area contributed by atoms with Gasteiger partial charge in [0.15, 0.2) is 11.5 Å². The molecule has 0 spiro atoms. The lowest BCUT2D eigenvalue weighted by atomic mass is 10.3. The van der Waals surface area contributed by atoms with E-state index in [9.17, 15) is 0 Å². The van der Waals surface area contributed by atoms with Crippen molar-refractivity contribution in [1.29, 1.82) is 0 Å². The molecule has 0 bridgehead atoms. The molecule has 1 aliphatic heterocycles. The molecule has 0 aliphatic carbocycles. The summed E-state index contributed by atoms with van der Waals surface area (Å²) in [5.74, 6) is 2.32. The Morgan fingerprint density at radius 2 is 1.81 bits per heavy atom. The van der Waals surface area contributed by atoms with Gasteiger partial charge in [-0.05, 0) is 35.8 Å². The van der Waals surface area contributed by atoms with Gasteiger partial charge < -0.3 is 14.2 Å². The smallest absolute Gasteiger partial charge is 0.203 e. The minimum Gasteiger partial charge on any atom is -0.493 e. The molecule has 2 rings (SSSR count). The Morgan fingerprint density at radius 1 is 1.12 bits per heavy atom. The number of rotatable bonds is 2. The first-order valence-corrected chi connectivity index (χ1v) is 8.04. The topological polar surface area (TPSA) is 27.7 Å². The third-order valence-corrected chi connectivity index (χ3v) is 4.16. The quantitative estimate of drug-likeness (QED) is 0.797. The molecule has 90 valence electrons. The fraction of sp³-hybridized carbons (Fsp3) is 0.500. The van der Waals surface area contributed by atoms with Gasteiger partial charge in [0.2, 0.25) is 5.75 Å². The maximum atomic E-state index is 5.61. The van der Waals surface area contributed by atoms with Crippen LogP contribution in [0.15, 0.2) is 17.0 Å². The van der Waals surface area contributed by atoms with Crippen molar-refractivity contribution in [2.75, 3.05) is 39.1 Å². The number of ether oxygens (including phenoxy) is 3. The van der Waals surface area contributed by atoms with Crippen molar-refractivity contribution in [3.8, 4) is 17.2 Å². The van der Waals surface area contributed by atoms with E-state index in [-0.39, 0.29) is 0 Å². The second kappa shape index (κ2) is 4.09. The lowest BCUT2D eigenvalue weighted by molar-refractivity contribution is 0.164. The Labute approximate surface area is 98.0 Å². The molecule has 3 nitrogen and oxygen atoms in total. The molecule has 0 radical (unpaired) electrons. The van der Waals surface area contributed by atoms with Crippen LogP contribution in [0.5, 0.6) is 17.2 Å². The molecule has 16 heavy (non-hydrogen) atoms. The minimum absolute atomic E-state index is 0.588. The third-order valence-electron chi connectivity index (χ3n) is 2.51. The van der Waals surface area contributed by atoms with Crippen LogP contribution in [-0.4, -0.2) is 39.1 Å². The van der Waals surface area contributed by atoms with Gasteiger partial charge in [0.1, 0.15) is 13.2 Å². The fourth-order valence-electron chi connectivity index (χ4n) is 1.60. The summed E-state index contributed by atoms with van der Waals surface area (Å²) < 4.78 is 16.5. The van der Waals surface area contributed by atoms with E-state index < -0.39 is 10.0 Å². The molecule has 1 aliphatic rings. The molecule has 0 saturated heterocycles. The first-order chi connectivity index (χ1) is 7.52. The van der Waals surface area contributed by atoms with Crippen molar-refractivity contribution >= 4 is 10.0 Å². The maximum absolute atomic E-state index is 5.61. The van der Waals surface area contributed by atoms with E-state index >= 15 is 0 Å². The van der Waals surface area contributed by atoms with Crippen molar-refractivity contribution < 1.29 is 14.2 Å². The molecule has 4 heteroatoms. The summed E-state index contributed by atoms with van der Waals surface area (Å²) in [6.45, 7) is 1.20. The van der Waals surface area contributed by atoms with Crippen LogP contribution in [0, 0.1) is 0 Å². The van der Waals surface area contributed by atoms with Crippen LogP contribution in [0.4, 0.5) is 0 Å². The van der Waals surface area contributed by atoms with Crippen molar-refractivity contribution in [2.45, 2.75) is 4.90 Å². The molecule has 0 fully saturated rings. The van der Waals surface area contributed by atoms with Gasteiger partial charge >= 0.3 is 0 Å². The summed E-state index contributed by atoms with van der Waals surface area (Å²) in [6.07, 6.45) is 6.74. The van der Waals surface area contributed by atoms with Gasteiger partial charge in [0, 0.05) is 0 Å². The van der Waals surface area contributed by atoms with Crippen molar-refractivity contribution in [1.82, 2.24) is 0 Å². The van der Waals surface area contributed by atoms with Crippen LogP contribution >= 0.6 is 10.0 Å². The predicted molar refractivity (Wildman–Crippen MR) is 67.6 cm³/mol. The first-order valence-electron chi connectivity index (χ1n) is 5.18. The van der Waals surface area contributed by atoms with Gasteiger partial charge in [-0.25, -0.2) is 10.0 Å². The molecule has 0 saturated carbocycles. The van der Waals surface area contributed by atoms with Crippen LogP contribution in [0.2, 0.25) is 0 Å². The van der Waals surface area contributed by atoms with Crippen LogP contribution in [0.25, 0.3) is 0 Å². The Balaban J connectivity index is 2.52. The Morgan fingerprint density at radius 3 is 2.44 bits per heavy atom. The average Bonchev–Trinajstić information content (AvgIpc) is 2.26. The highest BCUT2D eigenvalue weighted by molar-refractivity contribution is 8.32. The van der Waals surface area contributed by atoms with E-state index in [1.54, 1.807) is 7.11 Å². The summed E-state index contributed by atoms with van der Waals surface area (Å²) >= 11 is 0. The summed E-state index contributed by atoms with van der Waals surface area (Å²) in [5.41, 5.74) is 0. The Kier molecular flexibility index (Phi) is 2.93. The van der Waals surface area contributed by atoms with E-state index in [1.165, 1.54) is 4.90 Å². The predicted octanol–water partition coefficient (Wildman–Crippen LogP) is 2.52. The molecule has 0 aromatic heterocycles. The number of fused-ring (bicyclic) bond motifs is 1. The van der Waals surface area contributed by atoms with E-state index in [2.05, 4.69) is 30.9 Å². The second-order valence-corrected chi connectivity index (χ2v) is 8.63.